The lowest BCUT2D eigenvalue weighted by Crippen LogP contribution is -2.50. The number of nitrogens with one attached hydrogen (secondary N) is 1. The summed E-state index contributed by atoms with van der Waals surface area (Å²) in [6, 6.07) is 5.90. The van der Waals surface area contributed by atoms with E-state index in [1.165, 1.54) is 12.1 Å². The number of amides is 3. The van der Waals surface area contributed by atoms with Gasteiger partial charge in [-0.25, -0.2) is 9.18 Å². The van der Waals surface area contributed by atoms with E-state index in [0.717, 1.165) is 38.8 Å². The highest BCUT2D eigenvalue weighted by molar-refractivity contribution is 5.90. The average molecular weight is 413 g/mol. The zero-order chi connectivity index (χ0) is 19.4. The molecule has 3 amide bonds. The lowest BCUT2D eigenvalue weighted by molar-refractivity contribution is -0.138. The Kier molecular flexibility index (Phi) is 8.07. The van der Waals surface area contributed by atoms with Gasteiger partial charge in [-0.15, -0.1) is 12.4 Å². The number of hydrogen-bond donors (Lipinski definition) is 2. The first-order valence-corrected chi connectivity index (χ1v) is 9.80. The highest BCUT2D eigenvalue weighted by atomic mass is 35.5. The molecule has 2 aliphatic heterocycles. The average Bonchev–Trinajstić information content (AvgIpc) is 2.69. The second-order valence-corrected chi connectivity index (χ2v) is 7.72. The van der Waals surface area contributed by atoms with E-state index < -0.39 is 5.82 Å². The molecule has 6 nitrogen and oxygen atoms in total. The SMILES string of the molecule is CC(N)C1CCN(C(=O)C2CCCN(C(=O)Nc3ccccc3F)C2)CC1.Cl. The number of nitrogens with two attached hydrogens (primary N) is 1. The molecule has 3 rings (SSSR count). The van der Waals surface area contributed by atoms with E-state index in [0.29, 0.717) is 19.0 Å². The lowest BCUT2D eigenvalue weighted by Gasteiger charge is -2.38. The number of rotatable bonds is 3. The molecule has 0 aromatic heterocycles. The van der Waals surface area contributed by atoms with Crippen molar-refractivity contribution in [1.82, 2.24) is 9.80 Å². The van der Waals surface area contributed by atoms with E-state index in [1.807, 2.05) is 11.8 Å². The van der Waals surface area contributed by atoms with Gasteiger partial charge in [0.05, 0.1) is 11.6 Å². The van der Waals surface area contributed by atoms with Crippen LogP contribution in [0.15, 0.2) is 24.3 Å². The number of nitrogens with zero attached hydrogens (tertiary/aromatic N) is 2. The first-order valence-electron chi connectivity index (χ1n) is 9.80. The molecule has 0 spiro atoms. The first kappa shape index (κ1) is 22.4. The molecule has 1 aromatic carbocycles. The summed E-state index contributed by atoms with van der Waals surface area (Å²) >= 11 is 0. The van der Waals surface area contributed by atoms with Gasteiger partial charge in [-0.1, -0.05) is 12.1 Å². The van der Waals surface area contributed by atoms with Crippen LogP contribution in [0.5, 0.6) is 0 Å². The third-order valence-corrected chi connectivity index (χ3v) is 5.77. The van der Waals surface area contributed by atoms with E-state index in [4.69, 9.17) is 5.73 Å². The molecule has 8 heteroatoms. The van der Waals surface area contributed by atoms with Crippen LogP contribution in [0.2, 0.25) is 0 Å². The maximum atomic E-state index is 13.8. The van der Waals surface area contributed by atoms with E-state index in [-0.39, 0.29) is 42.0 Å². The largest absolute Gasteiger partial charge is 0.342 e. The molecule has 3 N–H and O–H groups in total. The van der Waals surface area contributed by atoms with Crippen LogP contribution in [0, 0.1) is 17.7 Å². The fraction of sp³-hybridized carbons (Fsp3) is 0.600. The van der Waals surface area contributed by atoms with Gasteiger partial charge in [0.1, 0.15) is 5.82 Å². The Hall–Kier alpha value is -1.86. The van der Waals surface area contributed by atoms with Crippen molar-refractivity contribution in [2.75, 3.05) is 31.5 Å². The third-order valence-electron chi connectivity index (χ3n) is 5.77. The molecule has 0 radical (unpaired) electrons. The molecule has 2 atom stereocenters. The molecular formula is C20H30ClFN4O2. The number of anilines is 1. The lowest BCUT2D eigenvalue weighted by atomic mass is 9.89. The summed E-state index contributed by atoms with van der Waals surface area (Å²) in [5, 5.41) is 2.61. The topological polar surface area (TPSA) is 78.7 Å². The summed E-state index contributed by atoms with van der Waals surface area (Å²) < 4.78 is 13.8. The Morgan fingerprint density at radius 3 is 2.46 bits per heavy atom. The highest BCUT2D eigenvalue weighted by Gasteiger charge is 2.33. The van der Waals surface area contributed by atoms with Crippen LogP contribution >= 0.6 is 12.4 Å². The van der Waals surface area contributed by atoms with E-state index >= 15 is 0 Å². The fourth-order valence-electron chi connectivity index (χ4n) is 4.02. The van der Waals surface area contributed by atoms with Crippen LogP contribution < -0.4 is 11.1 Å². The Morgan fingerprint density at radius 2 is 1.82 bits per heavy atom. The van der Waals surface area contributed by atoms with Gasteiger partial charge in [-0.05, 0) is 50.7 Å². The smallest absolute Gasteiger partial charge is 0.321 e. The maximum absolute atomic E-state index is 13.8. The van der Waals surface area contributed by atoms with Crippen LogP contribution in [-0.4, -0.2) is 54.0 Å². The van der Waals surface area contributed by atoms with Gasteiger partial charge < -0.3 is 20.9 Å². The third kappa shape index (κ3) is 5.35. The zero-order valence-electron chi connectivity index (χ0n) is 16.3. The molecule has 0 aliphatic carbocycles. The van der Waals surface area contributed by atoms with E-state index in [1.54, 1.807) is 17.0 Å². The van der Waals surface area contributed by atoms with Crippen molar-refractivity contribution in [1.29, 1.82) is 0 Å². The van der Waals surface area contributed by atoms with Gasteiger partial charge in [0.25, 0.3) is 0 Å². The number of urea groups is 1. The Balaban J connectivity index is 0.00000280. The van der Waals surface area contributed by atoms with Crippen molar-refractivity contribution < 1.29 is 14.0 Å². The standard InChI is InChI=1S/C20H29FN4O2.ClH/c1-14(22)15-8-11-24(12-9-15)19(26)16-5-4-10-25(13-16)20(27)23-18-7-3-2-6-17(18)21;/h2-3,6-7,14-16H,4-5,8-13,22H2,1H3,(H,23,27);1H. The van der Waals surface area contributed by atoms with Crippen LogP contribution in [0.4, 0.5) is 14.9 Å². The van der Waals surface area contributed by atoms with Gasteiger partial charge in [0, 0.05) is 32.2 Å². The minimum Gasteiger partial charge on any atom is -0.342 e. The van der Waals surface area contributed by atoms with Crippen molar-refractivity contribution in [3.8, 4) is 0 Å². The Labute approximate surface area is 172 Å². The summed E-state index contributed by atoms with van der Waals surface area (Å²) in [6.07, 6.45) is 3.44. The minimum absolute atomic E-state index is 0. The van der Waals surface area contributed by atoms with Gasteiger partial charge in [0.15, 0.2) is 0 Å². The summed E-state index contributed by atoms with van der Waals surface area (Å²) in [5.74, 6) is -0.0468. The highest BCUT2D eigenvalue weighted by Crippen LogP contribution is 2.25. The number of carbonyl (C=O) groups excluding carboxylic acids is 2. The maximum Gasteiger partial charge on any atom is 0.321 e. The van der Waals surface area contributed by atoms with Crippen molar-refractivity contribution in [3.05, 3.63) is 30.1 Å². The molecule has 2 fully saturated rings. The van der Waals surface area contributed by atoms with Crippen molar-refractivity contribution in [2.24, 2.45) is 17.6 Å². The van der Waals surface area contributed by atoms with Gasteiger partial charge >= 0.3 is 6.03 Å². The molecular weight excluding hydrogens is 383 g/mol. The minimum atomic E-state index is -0.465. The molecule has 2 aliphatic rings. The number of piperidine rings is 2. The molecule has 0 saturated carbocycles. The van der Waals surface area contributed by atoms with Gasteiger partial charge in [-0.2, -0.15) is 0 Å². The number of para-hydroxylation sites is 1. The monoisotopic (exact) mass is 412 g/mol. The molecule has 28 heavy (non-hydrogen) atoms. The number of carbonyl (C=O) groups is 2. The molecule has 2 heterocycles. The van der Waals surface area contributed by atoms with Crippen molar-refractivity contribution in [3.63, 3.8) is 0 Å². The number of likely N-dealkylation sites (tertiary alicyclic amines) is 2. The fourth-order valence-corrected chi connectivity index (χ4v) is 4.02. The quantitative estimate of drug-likeness (QED) is 0.800. The number of benzene rings is 1. The molecule has 1 aromatic rings. The second-order valence-electron chi connectivity index (χ2n) is 7.72. The molecule has 2 saturated heterocycles. The summed E-state index contributed by atoms with van der Waals surface area (Å²) in [6.45, 7) is 4.46. The predicted molar refractivity (Wildman–Crippen MR) is 110 cm³/mol. The molecule has 2 unspecified atom stereocenters. The summed E-state index contributed by atoms with van der Waals surface area (Å²) in [7, 11) is 0. The van der Waals surface area contributed by atoms with Crippen LogP contribution in [0.3, 0.4) is 0 Å². The van der Waals surface area contributed by atoms with Gasteiger partial charge in [-0.3, -0.25) is 4.79 Å². The van der Waals surface area contributed by atoms with E-state index in [2.05, 4.69) is 5.32 Å². The molecule has 0 bridgehead atoms. The van der Waals surface area contributed by atoms with Crippen LogP contribution in [-0.2, 0) is 4.79 Å². The molecule has 156 valence electrons. The first-order chi connectivity index (χ1) is 13.0. The van der Waals surface area contributed by atoms with Crippen molar-refractivity contribution >= 4 is 30.0 Å². The van der Waals surface area contributed by atoms with Gasteiger partial charge in [0.2, 0.25) is 5.91 Å². The summed E-state index contributed by atoms with van der Waals surface area (Å²) in [4.78, 5) is 28.9. The van der Waals surface area contributed by atoms with Crippen LogP contribution in [0.1, 0.15) is 32.6 Å². The zero-order valence-corrected chi connectivity index (χ0v) is 17.1. The number of hydrogen-bond acceptors (Lipinski definition) is 3. The Morgan fingerprint density at radius 1 is 1.14 bits per heavy atom. The van der Waals surface area contributed by atoms with Crippen molar-refractivity contribution in [2.45, 2.75) is 38.6 Å². The predicted octanol–water partition coefficient (Wildman–Crippen LogP) is 3.08. The van der Waals surface area contributed by atoms with Crippen LogP contribution in [0.25, 0.3) is 0 Å². The second kappa shape index (κ2) is 10.1. The normalized spacial score (nSPS) is 21.6. The van der Waals surface area contributed by atoms with E-state index in [9.17, 15) is 14.0 Å². The Bertz CT molecular complexity index is 680. The summed E-state index contributed by atoms with van der Waals surface area (Å²) in [5.41, 5.74) is 6.14. The number of halogens is 2.